The quantitative estimate of drug-likeness (QED) is 0.723. The lowest BCUT2D eigenvalue weighted by Gasteiger charge is -2.08. The summed E-state index contributed by atoms with van der Waals surface area (Å²) in [7, 11) is -1.59. The maximum Gasteiger partial charge on any atom is 0.257 e. The molecule has 0 fully saturated rings. The fourth-order valence-corrected chi connectivity index (χ4v) is 4.26. The molecular formula is C17H18N4O3S2. The van der Waals surface area contributed by atoms with Crippen molar-refractivity contribution >= 4 is 32.2 Å². The first kappa shape index (κ1) is 18.3. The number of anilines is 1. The van der Waals surface area contributed by atoms with Crippen molar-refractivity contribution in [1.29, 1.82) is 0 Å². The van der Waals surface area contributed by atoms with Crippen LogP contribution in [0.1, 0.15) is 22.8 Å². The minimum atomic E-state index is -3.41. The number of aromatic nitrogens is 3. The fourth-order valence-electron chi connectivity index (χ4n) is 2.52. The van der Waals surface area contributed by atoms with Gasteiger partial charge in [0.1, 0.15) is 0 Å². The molecule has 0 spiro atoms. The summed E-state index contributed by atoms with van der Waals surface area (Å²) in [6.07, 6.45) is 5.25. The highest BCUT2D eigenvalue weighted by molar-refractivity contribution is 7.90. The molecule has 26 heavy (non-hydrogen) atoms. The van der Waals surface area contributed by atoms with Crippen molar-refractivity contribution in [2.75, 3.05) is 11.6 Å². The monoisotopic (exact) mass is 390 g/mol. The van der Waals surface area contributed by atoms with E-state index in [1.807, 2.05) is 25.5 Å². The first-order valence-electron chi connectivity index (χ1n) is 7.87. The van der Waals surface area contributed by atoms with Crippen LogP contribution < -0.4 is 5.32 Å². The number of thiazole rings is 1. The number of carbonyl (C=O) groups is 1. The molecule has 0 saturated heterocycles. The van der Waals surface area contributed by atoms with Gasteiger partial charge < -0.3 is 0 Å². The highest BCUT2D eigenvalue weighted by Crippen LogP contribution is 2.25. The summed E-state index contributed by atoms with van der Waals surface area (Å²) in [6.45, 7) is 1.87. The summed E-state index contributed by atoms with van der Waals surface area (Å²) in [5, 5.41) is 9.08. The summed E-state index contributed by atoms with van der Waals surface area (Å²) in [6, 6.07) is 4.71. The number of nitrogens with zero attached hydrogens (tertiary/aromatic N) is 3. The Labute approximate surface area is 155 Å². The smallest absolute Gasteiger partial charge is 0.257 e. The predicted octanol–water partition coefficient (Wildman–Crippen LogP) is 2.76. The van der Waals surface area contributed by atoms with Crippen LogP contribution in [0, 0.1) is 0 Å². The highest BCUT2D eigenvalue weighted by atomic mass is 32.2. The van der Waals surface area contributed by atoms with E-state index in [1.165, 1.54) is 17.4 Å². The molecule has 0 unspecified atom stereocenters. The van der Waals surface area contributed by atoms with Gasteiger partial charge in [0.2, 0.25) is 0 Å². The Morgan fingerprint density at radius 1 is 1.35 bits per heavy atom. The van der Waals surface area contributed by atoms with Gasteiger partial charge in [-0.15, -0.1) is 11.3 Å². The minimum Gasteiger partial charge on any atom is -0.298 e. The molecule has 0 bridgehead atoms. The Morgan fingerprint density at radius 3 is 2.73 bits per heavy atom. The van der Waals surface area contributed by atoms with Gasteiger partial charge in [0.05, 0.1) is 16.8 Å². The van der Waals surface area contributed by atoms with Crippen molar-refractivity contribution in [2.45, 2.75) is 18.2 Å². The summed E-state index contributed by atoms with van der Waals surface area (Å²) >= 11 is 1.30. The molecule has 1 N–H and O–H groups in total. The molecule has 3 rings (SSSR count). The van der Waals surface area contributed by atoms with E-state index in [-0.39, 0.29) is 10.5 Å². The lowest BCUT2D eigenvalue weighted by atomic mass is 10.1. The summed E-state index contributed by atoms with van der Waals surface area (Å²) < 4.78 is 25.6. The zero-order valence-electron chi connectivity index (χ0n) is 14.6. The van der Waals surface area contributed by atoms with Gasteiger partial charge in [-0.25, -0.2) is 13.4 Å². The topological polar surface area (TPSA) is 93.9 Å². The van der Waals surface area contributed by atoms with Crippen molar-refractivity contribution in [3.8, 4) is 11.3 Å². The van der Waals surface area contributed by atoms with Crippen LogP contribution in [0.4, 0.5) is 5.13 Å². The van der Waals surface area contributed by atoms with Crippen molar-refractivity contribution in [3.63, 3.8) is 0 Å². The lowest BCUT2D eigenvalue weighted by Crippen LogP contribution is -2.13. The highest BCUT2D eigenvalue weighted by Gasteiger charge is 2.17. The molecule has 7 nitrogen and oxygen atoms in total. The molecule has 0 saturated carbocycles. The largest absolute Gasteiger partial charge is 0.298 e. The Kier molecular flexibility index (Phi) is 4.92. The van der Waals surface area contributed by atoms with Crippen LogP contribution in [-0.4, -0.2) is 35.3 Å². The first-order valence-corrected chi connectivity index (χ1v) is 10.6. The number of amides is 1. The third kappa shape index (κ3) is 3.83. The van der Waals surface area contributed by atoms with E-state index in [1.54, 1.807) is 23.0 Å². The number of benzene rings is 1. The third-order valence-electron chi connectivity index (χ3n) is 3.84. The molecule has 1 aromatic carbocycles. The third-order valence-corrected chi connectivity index (χ3v) is 5.77. The molecule has 0 aliphatic heterocycles. The van der Waals surface area contributed by atoms with Gasteiger partial charge in [-0.2, -0.15) is 5.10 Å². The van der Waals surface area contributed by atoms with Crippen LogP contribution in [0.5, 0.6) is 0 Å². The zero-order valence-corrected chi connectivity index (χ0v) is 16.2. The predicted molar refractivity (Wildman–Crippen MR) is 101 cm³/mol. The molecule has 0 aliphatic carbocycles. The van der Waals surface area contributed by atoms with Crippen LogP contribution in [0.2, 0.25) is 0 Å². The van der Waals surface area contributed by atoms with Gasteiger partial charge in [0, 0.05) is 36.0 Å². The Balaban J connectivity index is 1.84. The standard InChI is InChI=1S/C17H18N4O3S2/c1-4-11-5-6-12(7-15(11)26(3,23)24)16(22)20-17-19-14(10-25-17)13-8-18-21(2)9-13/h5-10H,4H2,1-3H3,(H,19,20,22). The van der Waals surface area contributed by atoms with E-state index in [9.17, 15) is 13.2 Å². The first-order chi connectivity index (χ1) is 12.3. The number of rotatable bonds is 5. The van der Waals surface area contributed by atoms with E-state index in [0.717, 1.165) is 17.5 Å². The number of hydrogen-bond acceptors (Lipinski definition) is 6. The van der Waals surface area contributed by atoms with Gasteiger partial charge in [-0.1, -0.05) is 13.0 Å². The van der Waals surface area contributed by atoms with E-state index in [2.05, 4.69) is 15.4 Å². The number of aryl methyl sites for hydroxylation is 2. The normalized spacial score (nSPS) is 11.5. The number of carbonyl (C=O) groups excluding carboxylic acids is 1. The molecular weight excluding hydrogens is 372 g/mol. The molecule has 136 valence electrons. The van der Waals surface area contributed by atoms with Gasteiger partial charge in [-0.05, 0) is 24.1 Å². The van der Waals surface area contributed by atoms with Gasteiger partial charge >= 0.3 is 0 Å². The van der Waals surface area contributed by atoms with Crippen molar-refractivity contribution < 1.29 is 13.2 Å². The van der Waals surface area contributed by atoms with Crippen molar-refractivity contribution in [1.82, 2.24) is 14.8 Å². The molecule has 3 aromatic rings. The molecule has 1 amide bonds. The molecule has 2 aromatic heterocycles. The minimum absolute atomic E-state index is 0.183. The second-order valence-electron chi connectivity index (χ2n) is 5.84. The molecule has 0 atom stereocenters. The molecule has 9 heteroatoms. The lowest BCUT2D eigenvalue weighted by molar-refractivity contribution is 0.102. The van der Waals surface area contributed by atoms with Gasteiger partial charge in [0.15, 0.2) is 15.0 Å². The maximum atomic E-state index is 12.5. The summed E-state index contributed by atoms with van der Waals surface area (Å²) in [5.41, 5.74) is 2.55. The Bertz CT molecular complexity index is 1070. The SMILES string of the molecule is CCc1ccc(C(=O)Nc2nc(-c3cnn(C)c3)cs2)cc1S(C)(=O)=O. The second kappa shape index (κ2) is 7.00. The maximum absolute atomic E-state index is 12.5. The number of hydrogen-bond donors (Lipinski definition) is 1. The molecule has 0 aliphatic rings. The average molecular weight is 390 g/mol. The molecule has 0 radical (unpaired) electrons. The van der Waals surface area contributed by atoms with Crippen LogP contribution in [0.15, 0.2) is 40.9 Å². The van der Waals surface area contributed by atoms with E-state index >= 15 is 0 Å². The Hall–Kier alpha value is -2.52. The van der Waals surface area contributed by atoms with E-state index in [0.29, 0.717) is 17.1 Å². The van der Waals surface area contributed by atoms with E-state index < -0.39 is 15.7 Å². The van der Waals surface area contributed by atoms with Crippen LogP contribution in [-0.2, 0) is 23.3 Å². The fraction of sp³-hybridized carbons (Fsp3) is 0.235. The zero-order chi connectivity index (χ0) is 18.9. The van der Waals surface area contributed by atoms with Crippen LogP contribution in [0.25, 0.3) is 11.3 Å². The molecule has 2 heterocycles. The van der Waals surface area contributed by atoms with Crippen molar-refractivity contribution in [3.05, 3.63) is 47.1 Å². The summed E-state index contributed by atoms with van der Waals surface area (Å²) in [4.78, 5) is 17.0. The number of nitrogens with one attached hydrogen (secondary N) is 1. The second-order valence-corrected chi connectivity index (χ2v) is 8.69. The van der Waals surface area contributed by atoms with E-state index in [4.69, 9.17) is 0 Å². The summed E-state index contributed by atoms with van der Waals surface area (Å²) in [5.74, 6) is -0.398. The number of sulfone groups is 1. The Morgan fingerprint density at radius 2 is 2.12 bits per heavy atom. The average Bonchev–Trinajstić information content (AvgIpc) is 3.22. The van der Waals surface area contributed by atoms with Crippen molar-refractivity contribution in [2.24, 2.45) is 7.05 Å². The van der Waals surface area contributed by atoms with Crippen LogP contribution >= 0.6 is 11.3 Å². The van der Waals surface area contributed by atoms with Gasteiger partial charge in [0.25, 0.3) is 5.91 Å². The van der Waals surface area contributed by atoms with Crippen LogP contribution in [0.3, 0.4) is 0 Å². The van der Waals surface area contributed by atoms with Gasteiger partial charge in [-0.3, -0.25) is 14.8 Å².